The van der Waals surface area contributed by atoms with Gasteiger partial charge in [0.1, 0.15) is 5.75 Å². The minimum Gasteiger partial charge on any atom is -0.497 e. The highest BCUT2D eigenvalue weighted by atomic mass is 16.5. The highest BCUT2D eigenvalue weighted by Gasteiger charge is 2.16. The number of nitrogens with one attached hydrogen (secondary N) is 1. The molecule has 0 bridgehead atoms. The van der Waals surface area contributed by atoms with E-state index in [1.807, 2.05) is 6.92 Å². The van der Waals surface area contributed by atoms with Crippen molar-refractivity contribution >= 4 is 22.4 Å². The molecule has 0 atom stereocenters. The number of ether oxygens (including phenoxy) is 1. The van der Waals surface area contributed by atoms with Crippen LogP contribution < -0.4 is 15.6 Å². The van der Waals surface area contributed by atoms with E-state index >= 15 is 0 Å². The van der Waals surface area contributed by atoms with Crippen molar-refractivity contribution in [2.24, 2.45) is 0 Å². The number of aromatic nitrogens is 2. The lowest BCUT2D eigenvalue weighted by molar-refractivity contribution is 0.102. The minimum atomic E-state index is -0.350. The normalized spacial score (nSPS) is 10.7. The van der Waals surface area contributed by atoms with Crippen LogP contribution >= 0.6 is 0 Å². The summed E-state index contributed by atoms with van der Waals surface area (Å²) in [5.41, 5.74) is 0.704. The van der Waals surface area contributed by atoms with E-state index < -0.39 is 0 Å². The first-order chi connectivity index (χ1) is 12.6. The van der Waals surface area contributed by atoms with Gasteiger partial charge in [-0.3, -0.25) is 9.59 Å². The Labute approximate surface area is 151 Å². The van der Waals surface area contributed by atoms with Gasteiger partial charge < -0.3 is 10.1 Å². The molecule has 0 radical (unpaired) electrons. The first-order valence-corrected chi connectivity index (χ1v) is 8.59. The molecular weight excluding hydrogens is 330 g/mol. The quantitative estimate of drug-likeness (QED) is 0.738. The Hall–Kier alpha value is -3.15. The molecule has 0 saturated carbocycles. The second-order valence-electron chi connectivity index (χ2n) is 5.96. The molecule has 0 aliphatic carbocycles. The first-order valence-electron chi connectivity index (χ1n) is 8.59. The average molecular weight is 351 g/mol. The van der Waals surface area contributed by atoms with Crippen molar-refractivity contribution in [3.8, 4) is 5.75 Å². The molecule has 1 N–H and O–H groups in total. The van der Waals surface area contributed by atoms with Crippen LogP contribution in [0.25, 0.3) is 10.8 Å². The molecule has 0 fully saturated rings. The zero-order chi connectivity index (χ0) is 18.5. The number of rotatable bonds is 6. The molecule has 0 spiro atoms. The molecule has 1 amide bonds. The van der Waals surface area contributed by atoms with E-state index in [1.165, 1.54) is 4.68 Å². The summed E-state index contributed by atoms with van der Waals surface area (Å²) in [5, 5.41) is 8.22. The van der Waals surface area contributed by atoms with Gasteiger partial charge in [0.05, 0.1) is 12.5 Å². The fraction of sp³-hybridized carbons (Fsp3) is 0.250. The summed E-state index contributed by atoms with van der Waals surface area (Å²) in [7, 11) is 1.59. The Morgan fingerprint density at radius 1 is 1.12 bits per heavy atom. The van der Waals surface area contributed by atoms with Crippen LogP contribution in [0.1, 0.15) is 30.3 Å². The van der Waals surface area contributed by atoms with E-state index in [0.717, 1.165) is 12.8 Å². The fourth-order valence-electron chi connectivity index (χ4n) is 2.73. The van der Waals surface area contributed by atoms with Crippen LogP contribution in [-0.4, -0.2) is 22.8 Å². The monoisotopic (exact) mass is 351 g/mol. The predicted octanol–water partition coefficient (Wildman–Crippen LogP) is 3.46. The molecule has 6 heteroatoms. The van der Waals surface area contributed by atoms with Gasteiger partial charge in [-0.25, -0.2) is 4.68 Å². The van der Waals surface area contributed by atoms with Gasteiger partial charge in [0.15, 0.2) is 5.69 Å². The number of anilines is 1. The topological polar surface area (TPSA) is 73.2 Å². The van der Waals surface area contributed by atoms with E-state index in [9.17, 15) is 9.59 Å². The van der Waals surface area contributed by atoms with Crippen molar-refractivity contribution in [2.75, 3.05) is 12.4 Å². The summed E-state index contributed by atoms with van der Waals surface area (Å²) < 4.78 is 6.50. The number of methoxy groups -OCH3 is 1. The van der Waals surface area contributed by atoms with Crippen LogP contribution in [0.15, 0.2) is 53.3 Å². The van der Waals surface area contributed by atoms with Crippen LogP contribution in [0.5, 0.6) is 5.75 Å². The number of unbranched alkanes of at least 4 members (excludes halogenated alkanes) is 1. The van der Waals surface area contributed by atoms with Gasteiger partial charge in [0, 0.05) is 17.6 Å². The van der Waals surface area contributed by atoms with Crippen molar-refractivity contribution in [3.63, 3.8) is 0 Å². The number of nitrogens with zero attached hydrogens (tertiary/aromatic N) is 2. The third kappa shape index (κ3) is 3.59. The lowest BCUT2D eigenvalue weighted by Gasteiger charge is -2.11. The van der Waals surface area contributed by atoms with Crippen molar-refractivity contribution in [2.45, 2.75) is 26.3 Å². The summed E-state index contributed by atoms with van der Waals surface area (Å²) in [6.45, 7) is 2.53. The zero-order valence-electron chi connectivity index (χ0n) is 14.9. The van der Waals surface area contributed by atoms with Crippen molar-refractivity contribution in [1.29, 1.82) is 0 Å². The summed E-state index contributed by atoms with van der Waals surface area (Å²) in [6.07, 6.45) is 1.76. The van der Waals surface area contributed by atoms with Gasteiger partial charge in [-0.2, -0.15) is 5.10 Å². The van der Waals surface area contributed by atoms with E-state index in [4.69, 9.17) is 4.74 Å². The second kappa shape index (κ2) is 7.82. The van der Waals surface area contributed by atoms with Gasteiger partial charge in [-0.15, -0.1) is 0 Å². The van der Waals surface area contributed by atoms with Gasteiger partial charge >= 0.3 is 0 Å². The predicted molar refractivity (Wildman–Crippen MR) is 102 cm³/mol. The molecule has 0 aliphatic heterocycles. The standard InChI is InChI=1S/C20H21N3O3/c1-3-4-13-23-20(25)17-8-6-5-7-16(17)18(22-23)19(24)21-14-9-11-15(26-2)12-10-14/h5-12H,3-4,13H2,1-2H3,(H,21,24). The minimum absolute atomic E-state index is 0.171. The van der Waals surface area contributed by atoms with Crippen molar-refractivity contribution in [1.82, 2.24) is 9.78 Å². The van der Waals surface area contributed by atoms with Crippen LogP contribution in [0.3, 0.4) is 0 Å². The molecule has 2 aromatic carbocycles. The number of carbonyl (C=O) groups is 1. The molecule has 6 nitrogen and oxygen atoms in total. The van der Waals surface area contributed by atoms with E-state index in [1.54, 1.807) is 55.6 Å². The maximum Gasteiger partial charge on any atom is 0.276 e. The third-order valence-electron chi connectivity index (χ3n) is 4.15. The summed E-state index contributed by atoms with van der Waals surface area (Å²) in [4.78, 5) is 25.4. The summed E-state index contributed by atoms with van der Waals surface area (Å²) in [6, 6.07) is 14.1. The number of amides is 1. The third-order valence-corrected chi connectivity index (χ3v) is 4.15. The fourth-order valence-corrected chi connectivity index (χ4v) is 2.73. The SMILES string of the molecule is CCCCn1nc(C(=O)Nc2ccc(OC)cc2)c2ccccc2c1=O. The zero-order valence-corrected chi connectivity index (χ0v) is 14.9. The first kappa shape index (κ1) is 17.7. The summed E-state index contributed by atoms with van der Waals surface area (Å²) >= 11 is 0. The molecule has 3 rings (SSSR count). The molecule has 3 aromatic rings. The highest BCUT2D eigenvalue weighted by molar-refractivity contribution is 6.11. The molecule has 0 saturated heterocycles. The Morgan fingerprint density at radius 2 is 1.81 bits per heavy atom. The summed E-state index contributed by atoms with van der Waals surface area (Å²) in [5.74, 6) is 0.358. The smallest absolute Gasteiger partial charge is 0.276 e. The lowest BCUT2D eigenvalue weighted by atomic mass is 10.1. The Bertz CT molecular complexity index is 978. The number of hydrogen-bond donors (Lipinski definition) is 1. The van der Waals surface area contributed by atoms with Crippen LogP contribution in [-0.2, 0) is 6.54 Å². The maximum atomic E-state index is 12.8. The van der Waals surface area contributed by atoms with Crippen LogP contribution in [0, 0.1) is 0 Å². The number of fused-ring (bicyclic) bond motifs is 1. The second-order valence-corrected chi connectivity index (χ2v) is 5.96. The van der Waals surface area contributed by atoms with Crippen molar-refractivity contribution in [3.05, 3.63) is 64.6 Å². The average Bonchev–Trinajstić information content (AvgIpc) is 2.68. The molecule has 0 aliphatic rings. The van der Waals surface area contributed by atoms with Crippen molar-refractivity contribution < 1.29 is 9.53 Å². The van der Waals surface area contributed by atoms with Gasteiger partial charge in [-0.1, -0.05) is 31.5 Å². The largest absolute Gasteiger partial charge is 0.497 e. The number of hydrogen-bond acceptors (Lipinski definition) is 4. The molecule has 1 heterocycles. The Morgan fingerprint density at radius 3 is 2.46 bits per heavy atom. The number of aryl methyl sites for hydroxylation is 1. The van der Waals surface area contributed by atoms with E-state index in [2.05, 4.69) is 10.4 Å². The van der Waals surface area contributed by atoms with Gasteiger partial charge in [0.25, 0.3) is 11.5 Å². The number of carbonyl (C=O) groups excluding carboxylic acids is 1. The maximum absolute atomic E-state index is 12.8. The van der Waals surface area contributed by atoms with Gasteiger partial charge in [-0.05, 0) is 36.8 Å². The number of benzene rings is 2. The Kier molecular flexibility index (Phi) is 5.31. The van der Waals surface area contributed by atoms with Crippen LogP contribution in [0.4, 0.5) is 5.69 Å². The van der Waals surface area contributed by atoms with E-state index in [-0.39, 0.29) is 17.2 Å². The van der Waals surface area contributed by atoms with Crippen LogP contribution in [0.2, 0.25) is 0 Å². The highest BCUT2D eigenvalue weighted by Crippen LogP contribution is 2.18. The molecule has 26 heavy (non-hydrogen) atoms. The molecule has 134 valence electrons. The molecule has 0 unspecified atom stereocenters. The Balaban J connectivity index is 2.00. The molecular formula is C20H21N3O3. The van der Waals surface area contributed by atoms with E-state index in [0.29, 0.717) is 28.8 Å². The van der Waals surface area contributed by atoms with Gasteiger partial charge in [0.2, 0.25) is 0 Å². The molecule has 1 aromatic heterocycles. The lowest BCUT2D eigenvalue weighted by Crippen LogP contribution is -2.27.